The lowest BCUT2D eigenvalue weighted by Crippen LogP contribution is -2.33. The molecule has 1 fully saturated rings. The molecule has 1 aliphatic heterocycles. The maximum atomic E-state index is 5.21. The van der Waals surface area contributed by atoms with Gasteiger partial charge in [-0.3, -0.25) is 0 Å². The normalized spacial score (nSPS) is 30.4. The topological polar surface area (TPSA) is 21.3 Å². The maximum absolute atomic E-state index is 5.21. The first-order valence-corrected chi connectivity index (χ1v) is 3.18. The summed E-state index contributed by atoms with van der Waals surface area (Å²) in [6.07, 6.45) is 2.49. The van der Waals surface area contributed by atoms with Crippen molar-refractivity contribution in [2.75, 3.05) is 20.3 Å². The highest BCUT2D eigenvalue weighted by Gasteiger charge is 2.09. The molecule has 2 heteroatoms. The first-order valence-electron chi connectivity index (χ1n) is 3.18. The quantitative estimate of drug-likeness (QED) is 0.533. The molecule has 1 saturated heterocycles. The van der Waals surface area contributed by atoms with Crippen LogP contribution in [0.3, 0.4) is 0 Å². The molecule has 0 radical (unpaired) electrons. The summed E-state index contributed by atoms with van der Waals surface area (Å²) < 4.78 is 5.21. The van der Waals surface area contributed by atoms with Gasteiger partial charge in [-0.05, 0) is 19.9 Å². The van der Waals surface area contributed by atoms with Crippen LogP contribution in [0.5, 0.6) is 0 Å². The third-order valence-corrected chi connectivity index (χ3v) is 1.57. The van der Waals surface area contributed by atoms with E-state index in [1.54, 1.807) is 0 Å². The summed E-state index contributed by atoms with van der Waals surface area (Å²) in [6.45, 7) is 1.86. The van der Waals surface area contributed by atoms with Crippen LogP contribution in [0.4, 0.5) is 0 Å². The van der Waals surface area contributed by atoms with Crippen LogP contribution in [-0.4, -0.2) is 26.3 Å². The van der Waals surface area contributed by atoms with Gasteiger partial charge >= 0.3 is 0 Å². The second-order valence-corrected chi connectivity index (χ2v) is 2.20. The molecule has 1 atom stereocenters. The molecule has 1 rings (SSSR count). The molecule has 48 valence electrons. The van der Waals surface area contributed by atoms with Crippen LogP contribution in [0, 0.1) is 0 Å². The molecule has 0 unspecified atom stereocenters. The van der Waals surface area contributed by atoms with Gasteiger partial charge < -0.3 is 10.1 Å². The van der Waals surface area contributed by atoms with Crippen molar-refractivity contribution in [3.63, 3.8) is 0 Å². The smallest absolute Gasteiger partial charge is 0.0619 e. The lowest BCUT2D eigenvalue weighted by atomic mass is 10.1. The molecule has 0 aliphatic carbocycles. The number of hydrogen-bond acceptors (Lipinski definition) is 2. The molecule has 0 saturated carbocycles. The Hall–Kier alpha value is -0.0800. The van der Waals surface area contributed by atoms with Crippen molar-refractivity contribution >= 4 is 0 Å². The van der Waals surface area contributed by atoms with Gasteiger partial charge in [0, 0.05) is 12.6 Å². The molecule has 1 heterocycles. The summed E-state index contributed by atoms with van der Waals surface area (Å²) in [7, 11) is 1.99. The molecular formula is C6H13NO. The lowest BCUT2D eigenvalue weighted by molar-refractivity contribution is 0.0730. The van der Waals surface area contributed by atoms with E-state index in [2.05, 4.69) is 5.32 Å². The van der Waals surface area contributed by atoms with Crippen LogP contribution in [0.25, 0.3) is 0 Å². The largest absolute Gasteiger partial charge is 0.380 e. The third kappa shape index (κ3) is 1.46. The van der Waals surface area contributed by atoms with Gasteiger partial charge in [0.05, 0.1) is 6.61 Å². The summed E-state index contributed by atoms with van der Waals surface area (Å²) >= 11 is 0. The Morgan fingerprint density at radius 2 is 2.50 bits per heavy atom. The fourth-order valence-electron chi connectivity index (χ4n) is 0.968. The Morgan fingerprint density at radius 3 is 2.88 bits per heavy atom. The highest BCUT2D eigenvalue weighted by atomic mass is 16.5. The number of ether oxygens (including phenoxy) is 1. The number of nitrogens with one attached hydrogen (secondary N) is 1. The number of rotatable bonds is 1. The van der Waals surface area contributed by atoms with E-state index >= 15 is 0 Å². The van der Waals surface area contributed by atoms with E-state index < -0.39 is 0 Å². The van der Waals surface area contributed by atoms with Crippen molar-refractivity contribution in [1.29, 1.82) is 0 Å². The fourth-order valence-corrected chi connectivity index (χ4v) is 0.968. The SMILES string of the molecule is CN[C@H]1CCCOC1. The maximum Gasteiger partial charge on any atom is 0.0619 e. The predicted molar refractivity (Wildman–Crippen MR) is 32.9 cm³/mol. The fraction of sp³-hybridized carbons (Fsp3) is 1.00. The average Bonchev–Trinajstić information content (AvgIpc) is 1.90. The van der Waals surface area contributed by atoms with Crippen molar-refractivity contribution in [3.05, 3.63) is 0 Å². The molecule has 0 aromatic heterocycles. The van der Waals surface area contributed by atoms with E-state index in [9.17, 15) is 0 Å². The summed E-state index contributed by atoms with van der Waals surface area (Å²) in [5, 5.41) is 3.18. The first-order chi connectivity index (χ1) is 3.93. The van der Waals surface area contributed by atoms with E-state index in [0.29, 0.717) is 6.04 Å². The summed E-state index contributed by atoms with van der Waals surface area (Å²) in [5.74, 6) is 0. The number of hydrogen-bond donors (Lipinski definition) is 1. The minimum Gasteiger partial charge on any atom is -0.380 e. The average molecular weight is 115 g/mol. The van der Waals surface area contributed by atoms with Crippen LogP contribution in [0.2, 0.25) is 0 Å². The van der Waals surface area contributed by atoms with Crippen molar-refractivity contribution < 1.29 is 4.74 Å². The van der Waals surface area contributed by atoms with Gasteiger partial charge in [-0.2, -0.15) is 0 Å². The third-order valence-electron chi connectivity index (χ3n) is 1.57. The van der Waals surface area contributed by atoms with E-state index in [0.717, 1.165) is 13.2 Å². The molecule has 2 nitrogen and oxygen atoms in total. The Kier molecular flexibility index (Phi) is 2.30. The molecule has 1 aliphatic rings. The van der Waals surface area contributed by atoms with E-state index in [1.807, 2.05) is 7.05 Å². The molecular weight excluding hydrogens is 102 g/mol. The molecule has 0 amide bonds. The highest BCUT2D eigenvalue weighted by molar-refractivity contribution is 4.66. The lowest BCUT2D eigenvalue weighted by Gasteiger charge is -2.20. The molecule has 0 aromatic rings. The molecule has 8 heavy (non-hydrogen) atoms. The number of likely N-dealkylation sites (N-methyl/N-ethyl adjacent to an activating group) is 1. The van der Waals surface area contributed by atoms with E-state index in [4.69, 9.17) is 4.74 Å². The summed E-state index contributed by atoms with van der Waals surface area (Å²) in [5.41, 5.74) is 0. The highest BCUT2D eigenvalue weighted by Crippen LogP contribution is 2.03. The van der Waals surface area contributed by atoms with Gasteiger partial charge in [-0.15, -0.1) is 0 Å². The molecule has 0 spiro atoms. The van der Waals surface area contributed by atoms with E-state index in [1.165, 1.54) is 12.8 Å². The Balaban J connectivity index is 2.13. The molecule has 0 bridgehead atoms. The second-order valence-electron chi connectivity index (χ2n) is 2.20. The zero-order valence-electron chi connectivity index (χ0n) is 5.31. The predicted octanol–water partition coefficient (Wildman–Crippen LogP) is 0.385. The van der Waals surface area contributed by atoms with Gasteiger partial charge in [0.1, 0.15) is 0 Å². The Labute approximate surface area is 50.2 Å². The zero-order valence-corrected chi connectivity index (χ0v) is 5.31. The van der Waals surface area contributed by atoms with Crippen LogP contribution in [-0.2, 0) is 4.74 Å². The van der Waals surface area contributed by atoms with E-state index in [-0.39, 0.29) is 0 Å². The van der Waals surface area contributed by atoms with Crippen molar-refractivity contribution in [1.82, 2.24) is 5.32 Å². The van der Waals surface area contributed by atoms with Gasteiger partial charge in [0.2, 0.25) is 0 Å². The Morgan fingerprint density at radius 1 is 1.62 bits per heavy atom. The molecule has 1 N–H and O–H groups in total. The van der Waals surface area contributed by atoms with Crippen molar-refractivity contribution in [2.24, 2.45) is 0 Å². The minimum atomic E-state index is 0.615. The zero-order chi connectivity index (χ0) is 5.82. The minimum absolute atomic E-state index is 0.615. The van der Waals surface area contributed by atoms with Crippen LogP contribution < -0.4 is 5.32 Å². The van der Waals surface area contributed by atoms with Gasteiger partial charge in [-0.25, -0.2) is 0 Å². The summed E-state index contributed by atoms with van der Waals surface area (Å²) in [6, 6.07) is 0.615. The molecule has 0 aromatic carbocycles. The van der Waals surface area contributed by atoms with Crippen LogP contribution in [0.1, 0.15) is 12.8 Å². The van der Waals surface area contributed by atoms with Crippen molar-refractivity contribution in [3.8, 4) is 0 Å². The van der Waals surface area contributed by atoms with Crippen LogP contribution >= 0.6 is 0 Å². The van der Waals surface area contributed by atoms with Gasteiger partial charge in [-0.1, -0.05) is 0 Å². The first kappa shape index (κ1) is 6.05. The second kappa shape index (κ2) is 3.05. The van der Waals surface area contributed by atoms with Gasteiger partial charge in [0.25, 0.3) is 0 Å². The summed E-state index contributed by atoms with van der Waals surface area (Å²) in [4.78, 5) is 0. The van der Waals surface area contributed by atoms with Gasteiger partial charge in [0.15, 0.2) is 0 Å². The Bertz CT molecular complexity index is 59.5. The standard InChI is InChI=1S/C6H13NO/c1-7-6-3-2-4-8-5-6/h6-7H,2-5H2,1H3/t6-/m0/s1. The van der Waals surface area contributed by atoms with Crippen LogP contribution in [0.15, 0.2) is 0 Å². The van der Waals surface area contributed by atoms with Crippen molar-refractivity contribution in [2.45, 2.75) is 18.9 Å². The monoisotopic (exact) mass is 115 g/mol.